The van der Waals surface area contributed by atoms with Crippen molar-refractivity contribution in [1.29, 1.82) is 0 Å². The summed E-state index contributed by atoms with van der Waals surface area (Å²) in [6, 6.07) is 0.562. The maximum Gasteiger partial charge on any atom is 0.194 e. The van der Waals surface area contributed by atoms with Crippen LogP contribution in [0.2, 0.25) is 0 Å². The Morgan fingerprint density at radius 2 is 1.78 bits per heavy atom. The highest BCUT2D eigenvalue weighted by molar-refractivity contribution is 5.80. The molecule has 1 aromatic rings. The molecule has 1 saturated carbocycles. The second-order valence-electron chi connectivity index (χ2n) is 8.86. The maximum atomic E-state index is 6.16. The third kappa shape index (κ3) is 3.24. The van der Waals surface area contributed by atoms with Crippen molar-refractivity contribution >= 4 is 5.96 Å². The summed E-state index contributed by atoms with van der Waals surface area (Å²) in [5.41, 5.74) is 0. The molecule has 0 aromatic carbocycles. The summed E-state index contributed by atoms with van der Waals surface area (Å²) in [6.07, 6.45) is 10.0. The molecular formula is C20H32N6O. The molecule has 0 radical (unpaired) electrons. The zero-order valence-corrected chi connectivity index (χ0v) is 16.6. The van der Waals surface area contributed by atoms with Gasteiger partial charge in [0.1, 0.15) is 12.4 Å². The van der Waals surface area contributed by atoms with Crippen molar-refractivity contribution in [1.82, 2.24) is 25.0 Å². The van der Waals surface area contributed by atoms with Crippen LogP contribution >= 0.6 is 0 Å². The second-order valence-corrected chi connectivity index (χ2v) is 8.86. The van der Waals surface area contributed by atoms with Crippen LogP contribution in [0.4, 0.5) is 0 Å². The number of guanidine groups is 1. The van der Waals surface area contributed by atoms with E-state index in [9.17, 15) is 0 Å². The Labute approximate surface area is 161 Å². The van der Waals surface area contributed by atoms with Gasteiger partial charge in [-0.25, -0.2) is 4.99 Å². The lowest BCUT2D eigenvalue weighted by atomic mass is 9.82. The normalized spacial score (nSPS) is 33.7. The molecule has 2 bridgehead atoms. The number of aliphatic imine (C=N–C) groups is 1. The molecule has 4 atom stereocenters. The third-order valence-corrected chi connectivity index (χ3v) is 7.24. The first-order valence-corrected chi connectivity index (χ1v) is 10.8. The Kier molecular flexibility index (Phi) is 4.58. The van der Waals surface area contributed by atoms with Gasteiger partial charge < -0.3 is 19.5 Å². The van der Waals surface area contributed by atoms with Crippen molar-refractivity contribution in [2.24, 2.45) is 23.9 Å². The zero-order valence-electron chi connectivity index (χ0n) is 16.6. The summed E-state index contributed by atoms with van der Waals surface area (Å²) in [6.45, 7) is 4.74. The maximum absolute atomic E-state index is 6.16. The summed E-state index contributed by atoms with van der Waals surface area (Å²) in [4.78, 5) is 7.51. The molecule has 0 amide bonds. The number of likely N-dealkylation sites (tertiary alicyclic amines) is 1. The minimum atomic E-state index is 0.488. The van der Waals surface area contributed by atoms with Gasteiger partial charge in [0.25, 0.3) is 0 Å². The molecule has 1 aliphatic carbocycles. The van der Waals surface area contributed by atoms with Crippen LogP contribution in [-0.2, 0) is 18.3 Å². The first-order valence-electron chi connectivity index (χ1n) is 10.8. The number of hydrogen-bond donors (Lipinski definition) is 1. The Morgan fingerprint density at radius 1 is 1.07 bits per heavy atom. The van der Waals surface area contributed by atoms with Crippen LogP contribution in [0.5, 0.6) is 0 Å². The fourth-order valence-electron chi connectivity index (χ4n) is 5.53. The molecule has 3 saturated heterocycles. The average Bonchev–Trinajstić information content (AvgIpc) is 3.44. The number of fused-ring (bicyclic) bond motifs is 5. The predicted molar refractivity (Wildman–Crippen MR) is 103 cm³/mol. The highest BCUT2D eigenvalue weighted by Gasteiger charge is 2.53. The monoisotopic (exact) mass is 372 g/mol. The molecular weight excluding hydrogens is 340 g/mol. The number of nitrogens with zero attached hydrogens (tertiary/aromatic N) is 5. The largest absolute Gasteiger partial charge is 0.374 e. The second kappa shape index (κ2) is 7.08. The molecule has 4 heterocycles. The van der Waals surface area contributed by atoms with E-state index in [1.807, 2.05) is 18.5 Å². The van der Waals surface area contributed by atoms with Crippen LogP contribution in [0.1, 0.15) is 56.6 Å². The summed E-state index contributed by atoms with van der Waals surface area (Å²) in [5, 5.41) is 12.3. The van der Waals surface area contributed by atoms with E-state index >= 15 is 0 Å². The standard InChI is InChI=1S/C20H32N6O/c1-13-23-24-19(25(13)2)10-21-20(22-14-6-4-3-5-7-14)26-11-15-16(12-26)18-9-8-17(15)27-18/h14-18H,3-12H2,1-2H3,(H,21,22). The molecule has 4 fully saturated rings. The molecule has 4 unspecified atom stereocenters. The summed E-state index contributed by atoms with van der Waals surface area (Å²) >= 11 is 0. The molecule has 7 heteroatoms. The van der Waals surface area contributed by atoms with Gasteiger partial charge in [0.2, 0.25) is 0 Å². The molecule has 0 spiro atoms. The van der Waals surface area contributed by atoms with Crippen molar-refractivity contribution in [3.05, 3.63) is 11.6 Å². The van der Waals surface area contributed by atoms with Gasteiger partial charge in [-0.05, 0) is 32.6 Å². The molecule has 5 rings (SSSR count). The SMILES string of the molecule is Cc1nnc(CN=C(NC2CCCCC2)N2CC3C4CCC(O4)C3C2)n1C. The highest BCUT2D eigenvalue weighted by Crippen LogP contribution is 2.47. The van der Waals surface area contributed by atoms with Gasteiger partial charge in [-0.15, -0.1) is 10.2 Å². The Morgan fingerprint density at radius 3 is 2.41 bits per heavy atom. The Hall–Kier alpha value is -1.63. The van der Waals surface area contributed by atoms with Crippen molar-refractivity contribution in [3.8, 4) is 0 Å². The molecule has 4 aliphatic rings. The molecule has 27 heavy (non-hydrogen) atoms. The number of ether oxygens (including phenoxy) is 1. The third-order valence-electron chi connectivity index (χ3n) is 7.24. The van der Waals surface area contributed by atoms with Gasteiger partial charge in [-0.1, -0.05) is 19.3 Å². The fourth-order valence-corrected chi connectivity index (χ4v) is 5.53. The fraction of sp³-hybridized carbons (Fsp3) is 0.850. The van der Waals surface area contributed by atoms with Crippen LogP contribution in [0.25, 0.3) is 0 Å². The molecule has 148 valence electrons. The van der Waals surface area contributed by atoms with Crippen LogP contribution < -0.4 is 5.32 Å². The molecule has 3 aliphatic heterocycles. The van der Waals surface area contributed by atoms with E-state index in [1.54, 1.807) is 0 Å². The Bertz CT molecular complexity index is 691. The van der Waals surface area contributed by atoms with E-state index in [2.05, 4.69) is 20.4 Å². The summed E-state index contributed by atoms with van der Waals surface area (Å²) in [7, 11) is 2.02. The highest BCUT2D eigenvalue weighted by atomic mass is 16.5. The van der Waals surface area contributed by atoms with Gasteiger partial charge in [-0.2, -0.15) is 0 Å². The predicted octanol–water partition coefficient (Wildman–Crippen LogP) is 2.01. The van der Waals surface area contributed by atoms with E-state index in [1.165, 1.54) is 44.9 Å². The van der Waals surface area contributed by atoms with E-state index in [-0.39, 0.29) is 0 Å². The number of hydrogen-bond acceptors (Lipinski definition) is 4. The van der Waals surface area contributed by atoms with E-state index in [0.717, 1.165) is 30.7 Å². The van der Waals surface area contributed by atoms with Crippen molar-refractivity contribution in [2.75, 3.05) is 13.1 Å². The number of rotatable bonds is 3. The van der Waals surface area contributed by atoms with Gasteiger partial charge in [0.05, 0.1) is 12.2 Å². The van der Waals surface area contributed by atoms with Crippen molar-refractivity contribution < 1.29 is 4.74 Å². The van der Waals surface area contributed by atoms with Gasteiger partial charge >= 0.3 is 0 Å². The van der Waals surface area contributed by atoms with E-state index in [4.69, 9.17) is 9.73 Å². The quantitative estimate of drug-likeness (QED) is 0.649. The number of aryl methyl sites for hydroxylation is 1. The van der Waals surface area contributed by atoms with Crippen molar-refractivity contribution in [3.63, 3.8) is 0 Å². The summed E-state index contributed by atoms with van der Waals surface area (Å²) < 4.78 is 8.19. The Balaban J connectivity index is 1.33. The molecule has 1 aromatic heterocycles. The molecule has 7 nitrogen and oxygen atoms in total. The summed E-state index contributed by atoms with van der Waals surface area (Å²) in [5.74, 6) is 4.33. The van der Waals surface area contributed by atoms with Crippen LogP contribution in [0.15, 0.2) is 4.99 Å². The minimum absolute atomic E-state index is 0.488. The van der Waals surface area contributed by atoms with Gasteiger partial charge in [0.15, 0.2) is 11.8 Å². The topological polar surface area (TPSA) is 67.6 Å². The van der Waals surface area contributed by atoms with Crippen molar-refractivity contribution in [2.45, 2.75) is 76.7 Å². The lowest BCUT2D eigenvalue weighted by Crippen LogP contribution is -2.46. The van der Waals surface area contributed by atoms with Gasteiger partial charge in [0, 0.05) is 38.0 Å². The zero-order chi connectivity index (χ0) is 18.4. The molecule has 1 N–H and O–H groups in total. The number of aromatic nitrogens is 3. The van der Waals surface area contributed by atoms with E-state index < -0.39 is 0 Å². The minimum Gasteiger partial charge on any atom is -0.374 e. The smallest absolute Gasteiger partial charge is 0.194 e. The van der Waals surface area contributed by atoms with Crippen LogP contribution in [0.3, 0.4) is 0 Å². The number of nitrogens with one attached hydrogen (secondary N) is 1. The van der Waals surface area contributed by atoms with Crippen LogP contribution in [-0.4, -0.2) is 57.0 Å². The average molecular weight is 373 g/mol. The van der Waals surface area contributed by atoms with Gasteiger partial charge in [-0.3, -0.25) is 0 Å². The van der Waals surface area contributed by atoms with Crippen LogP contribution in [0, 0.1) is 18.8 Å². The lowest BCUT2D eigenvalue weighted by molar-refractivity contribution is 0.0766. The first kappa shape index (κ1) is 17.5. The first-order chi connectivity index (χ1) is 13.2. The van der Waals surface area contributed by atoms with E-state index in [0.29, 0.717) is 36.6 Å². The lowest BCUT2D eigenvalue weighted by Gasteiger charge is -2.30.